The highest BCUT2D eigenvalue weighted by Gasteiger charge is 2.27. The predicted molar refractivity (Wildman–Crippen MR) is 77.3 cm³/mol. The number of benzene rings is 1. The quantitative estimate of drug-likeness (QED) is 0.812. The van der Waals surface area contributed by atoms with Gasteiger partial charge in [0.25, 0.3) is 0 Å². The Morgan fingerprint density at radius 3 is 2.89 bits per heavy atom. The summed E-state index contributed by atoms with van der Waals surface area (Å²) in [5.74, 6) is 0.211. The molecule has 1 fully saturated rings. The van der Waals surface area contributed by atoms with Gasteiger partial charge < -0.3 is 10.5 Å². The molecule has 19 heavy (non-hydrogen) atoms. The Kier molecular flexibility index (Phi) is 4.50. The topological polar surface area (TPSA) is 81.4 Å². The van der Waals surface area contributed by atoms with Gasteiger partial charge in [-0.15, -0.1) is 0 Å². The smallest absolute Gasteiger partial charge is 0.242 e. The van der Waals surface area contributed by atoms with E-state index in [-0.39, 0.29) is 22.5 Å². The van der Waals surface area contributed by atoms with Gasteiger partial charge in [0.15, 0.2) is 0 Å². The molecule has 0 radical (unpaired) electrons. The monoisotopic (exact) mass is 348 g/mol. The molecule has 1 saturated heterocycles. The van der Waals surface area contributed by atoms with Gasteiger partial charge in [0.05, 0.1) is 12.3 Å². The van der Waals surface area contributed by atoms with Crippen LogP contribution in [0.3, 0.4) is 0 Å². The molecule has 1 aliphatic rings. The summed E-state index contributed by atoms with van der Waals surface area (Å²) >= 11 is 3.25. The first-order chi connectivity index (χ1) is 8.90. The summed E-state index contributed by atoms with van der Waals surface area (Å²) < 4.78 is 33.3. The summed E-state index contributed by atoms with van der Waals surface area (Å²) in [4.78, 5) is 0.104. The van der Waals surface area contributed by atoms with Crippen LogP contribution in [0.1, 0.15) is 13.3 Å². The molecule has 0 spiro atoms. The van der Waals surface area contributed by atoms with Crippen LogP contribution in [0.4, 0.5) is 5.69 Å². The highest BCUT2D eigenvalue weighted by atomic mass is 79.9. The second kappa shape index (κ2) is 5.78. The molecule has 1 aromatic rings. The van der Waals surface area contributed by atoms with Gasteiger partial charge in [0, 0.05) is 23.0 Å². The average molecular weight is 349 g/mol. The second-order valence-electron chi connectivity index (χ2n) is 4.72. The van der Waals surface area contributed by atoms with Gasteiger partial charge in [-0.05, 0) is 31.5 Å². The second-order valence-corrected chi connectivity index (χ2v) is 7.31. The number of anilines is 1. The highest BCUT2D eigenvalue weighted by molar-refractivity contribution is 9.10. The summed E-state index contributed by atoms with van der Waals surface area (Å²) in [5.41, 5.74) is 5.98. The van der Waals surface area contributed by atoms with Crippen LogP contribution >= 0.6 is 15.9 Å². The Morgan fingerprint density at radius 1 is 1.53 bits per heavy atom. The molecule has 1 aromatic carbocycles. The lowest BCUT2D eigenvalue weighted by Gasteiger charge is -2.19. The Hall–Kier alpha value is -0.630. The van der Waals surface area contributed by atoms with Crippen molar-refractivity contribution < 1.29 is 13.2 Å². The summed E-state index contributed by atoms with van der Waals surface area (Å²) in [7, 11) is -3.61. The normalized spacial score (nSPS) is 21.5. The molecule has 3 N–H and O–H groups in total. The van der Waals surface area contributed by atoms with Crippen LogP contribution in [0.2, 0.25) is 0 Å². The summed E-state index contributed by atoms with van der Waals surface area (Å²) in [6, 6.07) is 4.62. The molecule has 1 aliphatic heterocycles. The molecule has 5 nitrogen and oxygen atoms in total. The number of ether oxygens (including phenoxy) is 1. The maximum absolute atomic E-state index is 12.3. The van der Waals surface area contributed by atoms with Crippen LogP contribution in [0.15, 0.2) is 27.6 Å². The minimum atomic E-state index is -3.61. The first-order valence-corrected chi connectivity index (χ1v) is 8.33. The number of sulfonamides is 1. The lowest BCUT2D eigenvalue weighted by molar-refractivity contribution is 0.180. The lowest BCUT2D eigenvalue weighted by Crippen LogP contribution is -2.38. The van der Waals surface area contributed by atoms with Crippen LogP contribution in [-0.4, -0.2) is 27.7 Å². The molecule has 0 bridgehead atoms. The van der Waals surface area contributed by atoms with E-state index in [2.05, 4.69) is 20.7 Å². The van der Waals surface area contributed by atoms with E-state index in [1.165, 1.54) is 6.07 Å². The van der Waals surface area contributed by atoms with Crippen molar-refractivity contribution in [3.8, 4) is 0 Å². The Bertz CT molecular complexity index is 556. The number of nitrogens with one attached hydrogen (secondary N) is 1. The maximum Gasteiger partial charge on any atom is 0.242 e. The van der Waals surface area contributed by atoms with Crippen LogP contribution in [-0.2, 0) is 14.8 Å². The standard InChI is InChI=1S/C12H17BrN2O3S/c1-8(9-4-5-18-7-9)15-19(16,17)12-6-10(13)2-3-11(12)14/h2-3,6,8-9,15H,4-5,7,14H2,1H3. The number of halogens is 1. The van der Waals surface area contributed by atoms with Gasteiger partial charge in [0.1, 0.15) is 4.90 Å². The van der Waals surface area contributed by atoms with Gasteiger partial charge >= 0.3 is 0 Å². The SMILES string of the molecule is CC(NS(=O)(=O)c1cc(Br)ccc1N)C1CCOC1. The van der Waals surface area contributed by atoms with Crippen LogP contribution in [0, 0.1) is 5.92 Å². The minimum absolute atomic E-state index is 0.104. The maximum atomic E-state index is 12.3. The van der Waals surface area contributed by atoms with E-state index < -0.39 is 10.0 Å². The van der Waals surface area contributed by atoms with Crippen molar-refractivity contribution in [3.63, 3.8) is 0 Å². The van der Waals surface area contributed by atoms with E-state index in [0.717, 1.165) is 6.42 Å². The molecule has 1 heterocycles. The summed E-state index contributed by atoms with van der Waals surface area (Å²) in [5, 5.41) is 0. The molecule has 2 unspecified atom stereocenters. The van der Waals surface area contributed by atoms with Gasteiger partial charge in [-0.1, -0.05) is 15.9 Å². The van der Waals surface area contributed by atoms with E-state index in [1.54, 1.807) is 12.1 Å². The minimum Gasteiger partial charge on any atom is -0.398 e. The first kappa shape index (κ1) is 14.8. The fourth-order valence-electron chi connectivity index (χ4n) is 2.09. The van der Waals surface area contributed by atoms with Crippen LogP contribution < -0.4 is 10.5 Å². The zero-order valence-electron chi connectivity index (χ0n) is 10.6. The molecular weight excluding hydrogens is 332 g/mol. The first-order valence-electron chi connectivity index (χ1n) is 6.05. The van der Waals surface area contributed by atoms with Crippen molar-refractivity contribution in [2.45, 2.75) is 24.3 Å². The van der Waals surface area contributed by atoms with Crippen LogP contribution in [0.25, 0.3) is 0 Å². The zero-order valence-corrected chi connectivity index (χ0v) is 13.0. The number of hydrogen-bond acceptors (Lipinski definition) is 4. The van der Waals surface area contributed by atoms with Crippen LogP contribution in [0.5, 0.6) is 0 Å². The fourth-order valence-corrected chi connectivity index (χ4v) is 4.07. The predicted octanol–water partition coefficient (Wildman–Crippen LogP) is 1.73. The molecule has 0 amide bonds. The van der Waals surface area contributed by atoms with Crippen molar-refractivity contribution in [1.29, 1.82) is 0 Å². The van der Waals surface area contributed by atoms with E-state index in [0.29, 0.717) is 17.7 Å². The van der Waals surface area contributed by atoms with Gasteiger partial charge in [-0.2, -0.15) is 0 Å². The van der Waals surface area contributed by atoms with Crippen molar-refractivity contribution in [3.05, 3.63) is 22.7 Å². The largest absolute Gasteiger partial charge is 0.398 e. The third-order valence-corrected chi connectivity index (χ3v) is 5.39. The summed E-state index contributed by atoms with van der Waals surface area (Å²) in [6.07, 6.45) is 0.873. The van der Waals surface area contributed by atoms with Gasteiger partial charge in [-0.25, -0.2) is 13.1 Å². The Balaban J connectivity index is 2.19. The van der Waals surface area contributed by atoms with Crippen molar-refractivity contribution in [1.82, 2.24) is 4.72 Å². The fraction of sp³-hybridized carbons (Fsp3) is 0.500. The number of rotatable bonds is 4. The number of hydrogen-bond donors (Lipinski definition) is 2. The zero-order chi connectivity index (χ0) is 14.0. The van der Waals surface area contributed by atoms with Crippen molar-refractivity contribution in [2.75, 3.05) is 18.9 Å². The van der Waals surface area contributed by atoms with E-state index in [4.69, 9.17) is 10.5 Å². The third kappa shape index (κ3) is 3.47. The van der Waals surface area contributed by atoms with Gasteiger partial charge in [0.2, 0.25) is 10.0 Å². The lowest BCUT2D eigenvalue weighted by atomic mass is 10.0. The van der Waals surface area contributed by atoms with Crippen molar-refractivity contribution in [2.24, 2.45) is 5.92 Å². The third-order valence-electron chi connectivity index (χ3n) is 3.28. The molecule has 2 rings (SSSR count). The number of nitrogen functional groups attached to an aromatic ring is 1. The number of nitrogens with two attached hydrogens (primary N) is 1. The molecule has 0 aliphatic carbocycles. The van der Waals surface area contributed by atoms with E-state index in [1.807, 2.05) is 6.92 Å². The molecular formula is C12H17BrN2O3S. The average Bonchev–Trinajstić information content (AvgIpc) is 2.85. The molecule has 7 heteroatoms. The Morgan fingerprint density at radius 2 is 2.26 bits per heavy atom. The van der Waals surface area contributed by atoms with E-state index in [9.17, 15) is 8.42 Å². The molecule has 2 atom stereocenters. The molecule has 0 aromatic heterocycles. The molecule has 0 saturated carbocycles. The van der Waals surface area contributed by atoms with Crippen molar-refractivity contribution >= 4 is 31.6 Å². The van der Waals surface area contributed by atoms with Gasteiger partial charge in [-0.3, -0.25) is 0 Å². The summed E-state index contributed by atoms with van der Waals surface area (Å²) in [6.45, 7) is 3.14. The highest BCUT2D eigenvalue weighted by Crippen LogP contribution is 2.24. The molecule has 106 valence electrons. The van der Waals surface area contributed by atoms with E-state index >= 15 is 0 Å². The Labute approximate surface area is 121 Å².